The maximum Gasteiger partial charge on any atom is 0.338 e. The maximum absolute atomic E-state index is 15.8. The largest absolute Gasteiger partial charge is 0.385 e. The Balaban J connectivity index is 1.32. The molecule has 2 aromatic carbocycles. The lowest BCUT2D eigenvalue weighted by molar-refractivity contribution is -0.323. The number of thiol groups is 1. The SMILES string of the molecule is CC1(C)COC2(CCC3=C4C(c5ccc(-c6ccc(S)cc6)cc5)CC5(C)C(CC[C@@]5(O)C(F)(F)C(C)(F)F)C4CC[C@@]3(O)C2)OC1. The minimum Gasteiger partial charge on any atom is -0.385 e. The molecule has 0 radical (unpaired) electrons. The van der Waals surface area contributed by atoms with Gasteiger partial charge in [-0.05, 0) is 84.8 Å². The van der Waals surface area contributed by atoms with Crippen LogP contribution in [0.5, 0.6) is 0 Å². The number of aliphatic hydroxyl groups is 2. The van der Waals surface area contributed by atoms with Gasteiger partial charge >= 0.3 is 11.8 Å². The molecule has 0 amide bonds. The Bertz CT molecular complexity index is 1560. The highest BCUT2D eigenvalue weighted by Crippen LogP contribution is 2.71. The molecule has 9 heteroatoms. The molecule has 256 valence electrons. The van der Waals surface area contributed by atoms with E-state index in [2.05, 4.69) is 26.5 Å². The molecule has 5 aliphatic rings. The summed E-state index contributed by atoms with van der Waals surface area (Å²) in [7, 11) is 0. The van der Waals surface area contributed by atoms with Crippen molar-refractivity contribution in [2.24, 2.45) is 22.7 Å². The average molecular weight is 675 g/mol. The van der Waals surface area contributed by atoms with Crippen molar-refractivity contribution in [2.45, 2.75) is 119 Å². The van der Waals surface area contributed by atoms with E-state index in [4.69, 9.17) is 9.47 Å². The van der Waals surface area contributed by atoms with Crippen molar-refractivity contribution in [2.75, 3.05) is 13.2 Å². The Morgan fingerprint density at radius 3 is 2.02 bits per heavy atom. The van der Waals surface area contributed by atoms with Crippen LogP contribution in [0.15, 0.2) is 64.6 Å². The molecule has 7 rings (SSSR count). The molecule has 3 saturated carbocycles. The molecule has 1 spiro atoms. The molecule has 2 aromatic rings. The summed E-state index contributed by atoms with van der Waals surface area (Å²) in [6.45, 7) is 7.04. The van der Waals surface area contributed by atoms with Crippen LogP contribution in [0.1, 0.15) is 90.5 Å². The first-order chi connectivity index (χ1) is 21.8. The summed E-state index contributed by atoms with van der Waals surface area (Å²) < 4.78 is 73.4. The molecular weight excluding hydrogens is 628 g/mol. The van der Waals surface area contributed by atoms with Crippen molar-refractivity contribution < 1.29 is 37.2 Å². The fourth-order valence-corrected chi connectivity index (χ4v) is 10.1. The van der Waals surface area contributed by atoms with Gasteiger partial charge in [0, 0.05) is 41.4 Å². The van der Waals surface area contributed by atoms with Gasteiger partial charge in [-0.1, -0.05) is 62.7 Å². The molecule has 47 heavy (non-hydrogen) atoms. The summed E-state index contributed by atoms with van der Waals surface area (Å²) in [5.74, 6) is -11.0. The third-order valence-corrected chi connectivity index (χ3v) is 12.9. The van der Waals surface area contributed by atoms with Crippen molar-refractivity contribution in [3.63, 3.8) is 0 Å². The summed E-state index contributed by atoms with van der Waals surface area (Å²) in [6, 6.07) is 15.7. The van der Waals surface area contributed by atoms with Crippen LogP contribution < -0.4 is 0 Å². The fraction of sp³-hybridized carbons (Fsp3) is 0.632. The Hall–Kier alpha value is -1.91. The van der Waals surface area contributed by atoms with Gasteiger partial charge in [-0.3, -0.25) is 0 Å². The van der Waals surface area contributed by atoms with Gasteiger partial charge in [-0.2, -0.15) is 8.78 Å². The highest BCUT2D eigenvalue weighted by atomic mass is 32.1. The van der Waals surface area contributed by atoms with Gasteiger partial charge in [0.25, 0.3) is 0 Å². The van der Waals surface area contributed by atoms with Gasteiger partial charge in [0.2, 0.25) is 0 Å². The summed E-state index contributed by atoms with van der Waals surface area (Å²) in [5, 5.41) is 24.2. The van der Waals surface area contributed by atoms with Crippen molar-refractivity contribution in [3.8, 4) is 11.1 Å². The second kappa shape index (κ2) is 10.8. The predicted molar refractivity (Wildman–Crippen MR) is 175 cm³/mol. The zero-order chi connectivity index (χ0) is 33.8. The van der Waals surface area contributed by atoms with Crippen LogP contribution >= 0.6 is 12.6 Å². The molecular formula is C38H46F4O4S. The van der Waals surface area contributed by atoms with Crippen LogP contribution in [0.2, 0.25) is 0 Å². The molecule has 2 N–H and O–H groups in total. The van der Waals surface area contributed by atoms with Crippen molar-refractivity contribution in [3.05, 3.63) is 65.2 Å². The smallest absolute Gasteiger partial charge is 0.338 e. The molecule has 1 saturated heterocycles. The number of ether oxygens (including phenoxy) is 2. The predicted octanol–water partition coefficient (Wildman–Crippen LogP) is 8.96. The van der Waals surface area contributed by atoms with E-state index in [0.29, 0.717) is 45.3 Å². The summed E-state index contributed by atoms with van der Waals surface area (Å²) in [5.41, 5.74) is -0.892. The van der Waals surface area contributed by atoms with Crippen LogP contribution in [-0.2, 0) is 9.47 Å². The van der Waals surface area contributed by atoms with E-state index < -0.39 is 52.5 Å². The topological polar surface area (TPSA) is 58.9 Å². The number of alkyl halides is 4. The number of hydrogen-bond acceptors (Lipinski definition) is 5. The van der Waals surface area contributed by atoms with Crippen LogP contribution in [-0.4, -0.2) is 52.3 Å². The first-order valence-corrected chi connectivity index (χ1v) is 17.4. The number of benzene rings is 2. The minimum absolute atomic E-state index is 0.0747. The molecule has 6 atom stereocenters. The van der Waals surface area contributed by atoms with Crippen LogP contribution in [0.4, 0.5) is 17.6 Å². The van der Waals surface area contributed by atoms with E-state index in [0.717, 1.165) is 32.7 Å². The molecule has 0 aromatic heterocycles. The summed E-state index contributed by atoms with van der Waals surface area (Å²) >= 11 is 4.38. The van der Waals surface area contributed by atoms with Gasteiger partial charge in [0.05, 0.1) is 18.8 Å². The Labute approximate surface area is 280 Å². The second-order valence-corrected chi connectivity index (χ2v) is 16.8. The average Bonchev–Trinajstić information content (AvgIpc) is 3.29. The monoisotopic (exact) mass is 674 g/mol. The van der Waals surface area contributed by atoms with Gasteiger partial charge in [-0.15, -0.1) is 12.6 Å². The summed E-state index contributed by atoms with van der Waals surface area (Å²) in [4.78, 5) is 0.847. The van der Waals surface area contributed by atoms with Crippen LogP contribution in [0.25, 0.3) is 11.1 Å². The Morgan fingerprint density at radius 1 is 0.830 bits per heavy atom. The van der Waals surface area contributed by atoms with E-state index in [9.17, 15) is 19.0 Å². The lowest BCUT2D eigenvalue weighted by Crippen LogP contribution is -2.66. The fourth-order valence-electron chi connectivity index (χ4n) is 10.00. The Morgan fingerprint density at radius 2 is 1.43 bits per heavy atom. The standard InChI is InChI=1S/C38H46F4O4S/c1-32(2)21-45-36(46-22-32)17-14-30-31-27(13-16-35(30,43)20-36)29-15-18-37(44,38(41,42)34(4,39)40)33(29,3)19-28(31)25-7-5-23(6-8-25)24-9-11-26(47)12-10-24/h5-12,27-29,43-44,47H,13-22H2,1-4H3/t27?,28?,29?,33?,35-,37+/m1/s1. The molecule has 1 aliphatic heterocycles. The maximum atomic E-state index is 15.8. The highest BCUT2D eigenvalue weighted by Gasteiger charge is 2.77. The van der Waals surface area contributed by atoms with Crippen molar-refractivity contribution in [1.29, 1.82) is 0 Å². The van der Waals surface area contributed by atoms with E-state index in [-0.39, 0.29) is 31.1 Å². The third kappa shape index (κ3) is 5.07. The number of fused-ring (bicyclic) bond motifs is 4. The number of hydrogen-bond donors (Lipinski definition) is 3. The first kappa shape index (κ1) is 33.6. The van der Waals surface area contributed by atoms with Gasteiger partial charge in [0.15, 0.2) is 5.79 Å². The van der Waals surface area contributed by atoms with Crippen LogP contribution in [0.3, 0.4) is 0 Å². The van der Waals surface area contributed by atoms with E-state index in [1.807, 2.05) is 48.5 Å². The van der Waals surface area contributed by atoms with Gasteiger partial charge in [-0.25, -0.2) is 8.78 Å². The zero-order valence-electron chi connectivity index (χ0n) is 27.6. The number of allylic oxidation sites excluding steroid dienone is 1. The normalized spacial score (nSPS) is 36.5. The molecule has 4 aliphatic carbocycles. The quantitative estimate of drug-likeness (QED) is 0.172. The lowest BCUT2D eigenvalue weighted by atomic mass is 9.49. The van der Waals surface area contributed by atoms with Crippen molar-refractivity contribution >= 4 is 12.6 Å². The minimum atomic E-state index is -4.61. The highest BCUT2D eigenvalue weighted by molar-refractivity contribution is 7.80. The zero-order valence-corrected chi connectivity index (χ0v) is 28.5. The number of rotatable bonds is 4. The van der Waals surface area contributed by atoms with E-state index >= 15 is 8.78 Å². The van der Waals surface area contributed by atoms with E-state index in [1.165, 1.54) is 0 Å². The van der Waals surface area contributed by atoms with Gasteiger partial charge < -0.3 is 19.7 Å². The molecule has 4 fully saturated rings. The third-order valence-electron chi connectivity index (χ3n) is 12.6. The Kier molecular flexibility index (Phi) is 7.71. The molecule has 1 heterocycles. The molecule has 4 unspecified atom stereocenters. The van der Waals surface area contributed by atoms with Crippen molar-refractivity contribution in [1.82, 2.24) is 0 Å². The second-order valence-electron chi connectivity index (χ2n) is 16.3. The molecule has 0 bridgehead atoms. The summed E-state index contributed by atoms with van der Waals surface area (Å²) in [6.07, 6.45) is 2.18. The number of halogens is 4. The molecule has 4 nitrogen and oxygen atoms in total. The van der Waals surface area contributed by atoms with Gasteiger partial charge in [0.1, 0.15) is 5.60 Å². The van der Waals surface area contributed by atoms with E-state index in [1.54, 1.807) is 6.92 Å². The first-order valence-electron chi connectivity index (χ1n) is 16.9. The lowest BCUT2D eigenvalue weighted by Gasteiger charge is -2.59. The van der Waals surface area contributed by atoms with Crippen LogP contribution in [0, 0.1) is 22.7 Å².